The van der Waals surface area contributed by atoms with Crippen molar-refractivity contribution in [3.05, 3.63) is 235 Å². The number of hydrogen-bond acceptors (Lipinski definition) is 4. The van der Waals surface area contributed by atoms with Gasteiger partial charge in [-0.1, -0.05) is 158 Å². The van der Waals surface area contributed by atoms with Gasteiger partial charge in [-0.2, -0.15) is 0 Å². The van der Waals surface area contributed by atoms with Crippen LogP contribution >= 0.6 is 0 Å². The van der Waals surface area contributed by atoms with E-state index >= 15 is 0 Å². The molecule has 9 aromatic rings. The highest BCUT2D eigenvalue weighted by Crippen LogP contribution is 2.54. The molecule has 0 radical (unpaired) electrons. The van der Waals surface area contributed by atoms with Gasteiger partial charge in [-0.3, -0.25) is 0 Å². The summed E-state index contributed by atoms with van der Waals surface area (Å²) in [6, 6.07) is 46.6. The predicted octanol–water partition coefficient (Wildman–Crippen LogP) is 14.0. The molecule has 288 valence electrons. The van der Waals surface area contributed by atoms with Crippen LogP contribution < -0.4 is 0 Å². The van der Waals surface area contributed by atoms with Gasteiger partial charge in [0.2, 0.25) is 0 Å². The Balaban J connectivity index is 1.09. The maximum atomic E-state index is 4.56. The summed E-state index contributed by atoms with van der Waals surface area (Å²) < 4.78 is 0. The van der Waals surface area contributed by atoms with Crippen LogP contribution in [-0.4, -0.2) is 19.9 Å². The van der Waals surface area contributed by atoms with Crippen LogP contribution in [0.5, 0.6) is 0 Å². The van der Waals surface area contributed by atoms with Crippen molar-refractivity contribution in [3.8, 4) is 56.2 Å². The third-order valence-electron chi connectivity index (χ3n) is 13.3. The molecule has 62 heavy (non-hydrogen) atoms. The third-order valence-corrected chi connectivity index (χ3v) is 13.3. The molecule has 0 aliphatic heterocycles. The van der Waals surface area contributed by atoms with E-state index in [1.807, 2.05) is 12.1 Å². The maximum absolute atomic E-state index is 4.56. The topological polar surface area (TPSA) is 51.6 Å². The highest BCUT2D eigenvalue weighted by molar-refractivity contribution is 6.26. The van der Waals surface area contributed by atoms with Crippen LogP contribution in [0.25, 0.3) is 94.0 Å². The van der Waals surface area contributed by atoms with Crippen LogP contribution in [0, 0.1) is 11.8 Å². The number of allylic oxidation sites excluding steroid dienone is 14. The number of benzene rings is 7. The number of rotatable bonds is 6. The van der Waals surface area contributed by atoms with E-state index in [9.17, 15) is 0 Å². The molecule has 4 heteroatoms. The molecule has 13 rings (SSSR count). The Morgan fingerprint density at radius 3 is 1.56 bits per heavy atom. The van der Waals surface area contributed by atoms with Crippen LogP contribution in [0.1, 0.15) is 5.56 Å². The van der Waals surface area contributed by atoms with Crippen molar-refractivity contribution >= 4 is 37.9 Å². The lowest BCUT2D eigenvalue weighted by atomic mass is 9.62. The summed E-state index contributed by atoms with van der Waals surface area (Å²) >= 11 is 0. The minimum Gasteiger partial charge on any atom is -0.237 e. The van der Waals surface area contributed by atoms with Crippen LogP contribution in [0.3, 0.4) is 0 Å². The average Bonchev–Trinajstić information content (AvgIpc) is 3.35. The quantitative estimate of drug-likeness (QED) is 0.158. The summed E-state index contributed by atoms with van der Waals surface area (Å²) in [5.41, 5.74) is 16.9. The molecular formula is C58H36N4. The first kappa shape index (κ1) is 34.8. The Morgan fingerprint density at radius 2 is 0.887 bits per heavy atom. The predicted molar refractivity (Wildman–Crippen MR) is 254 cm³/mol. The van der Waals surface area contributed by atoms with Crippen molar-refractivity contribution in [1.82, 2.24) is 19.9 Å². The number of nitrogens with zero attached hydrogens (tertiary/aromatic N) is 4. The fourth-order valence-corrected chi connectivity index (χ4v) is 10.4. The molecular weight excluding hydrogens is 753 g/mol. The highest BCUT2D eigenvalue weighted by Gasteiger charge is 2.39. The van der Waals surface area contributed by atoms with Gasteiger partial charge in [-0.15, -0.1) is 0 Å². The molecule has 0 amide bonds. The second-order valence-corrected chi connectivity index (χ2v) is 16.6. The molecule has 2 unspecified atom stereocenters. The Labute approximate surface area is 359 Å². The van der Waals surface area contributed by atoms with Gasteiger partial charge < -0.3 is 0 Å². The number of aromatic nitrogens is 4. The van der Waals surface area contributed by atoms with Crippen molar-refractivity contribution in [3.63, 3.8) is 0 Å². The van der Waals surface area contributed by atoms with Crippen molar-refractivity contribution in [2.45, 2.75) is 0 Å². The van der Waals surface area contributed by atoms with E-state index in [0.717, 1.165) is 27.8 Å². The van der Waals surface area contributed by atoms with Gasteiger partial charge in [0.25, 0.3) is 0 Å². The molecule has 0 saturated carbocycles. The smallest absolute Gasteiger partial charge is 0.159 e. The summed E-state index contributed by atoms with van der Waals surface area (Å²) in [6.07, 6.45) is 28.0. The Morgan fingerprint density at radius 1 is 0.355 bits per heavy atom. The lowest BCUT2D eigenvalue weighted by Gasteiger charge is -2.41. The van der Waals surface area contributed by atoms with Gasteiger partial charge >= 0.3 is 0 Å². The molecule has 2 atom stereocenters. The zero-order valence-corrected chi connectivity index (χ0v) is 33.6. The summed E-state index contributed by atoms with van der Waals surface area (Å²) in [4.78, 5) is 18.2. The largest absolute Gasteiger partial charge is 0.237 e. The lowest BCUT2D eigenvalue weighted by Crippen LogP contribution is -2.29. The Bertz CT molecular complexity index is 3510. The van der Waals surface area contributed by atoms with Crippen molar-refractivity contribution in [1.29, 1.82) is 0 Å². The van der Waals surface area contributed by atoms with Gasteiger partial charge in [0, 0.05) is 47.8 Å². The van der Waals surface area contributed by atoms with Crippen molar-refractivity contribution in [2.75, 3.05) is 0 Å². The molecule has 7 aromatic carbocycles. The summed E-state index contributed by atoms with van der Waals surface area (Å²) in [5.74, 6) is 1.97. The minimum absolute atomic E-state index is 0.243. The van der Waals surface area contributed by atoms with E-state index < -0.39 is 0 Å². The van der Waals surface area contributed by atoms with Gasteiger partial charge in [0.15, 0.2) is 11.6 Å². The molecule has 2 aromatic heterocycles. The van der Waals surface area contributed by atoms with E-state index in [0.29, 0.717) is 17.6 Å². The van der Waals surface area contributed by atoms with Crippen LogP contribution in [0.15, 0.2) is 229 Å². The van der Waals surface area contributed by atoms with Crippen LogP contribution in [0.4, 0.5) is 0 Å². The maximum Gasteiger partial charge on any atom is 0.159 e. The summed E-state index contributed by atoms with van der Waals surface area (Å²) in [7, 11) is 0. The normalized spacial score (nSPS) is 17.4. The van der Waals surface area contributed by atoms with Gasteiger partial charge in [0.05, 0.1) is 0 Å². The van der Waals surface area contributed by atoms with E-state index in [4.69, 9.17) is 0 Å². The second-order valence-electron chi connectivity index (χ2n) is 16.6. The molecule has 4 aliphatic rings. The fraction of sp³-hybridized carbons (Fsp3) is 0.0345. The third kappa shape index (κ3) is 5.40. The van der Waals surface area contributed by atoms with E-state index in [1.165, 1.54) is 82.4 Å². The van der Waals surface area contributed by atoms with Gasteiger partial charge in [0.1, 0.15) is 0 Å². The highest BCUT2D eigenvalue weighted by atomic mass is 14.9. The Kier molecular flexibility index (Phi) is 7.70. The lowest BCUT2D eigenvalue weighted by molar-refractivity contribution is 0.567. The molecule has 4 nitrogen and oxygen atoms in total. The monoisotopic (exact) mass is 788 g/mol. The Hall–Kier alpha value is -8.08. The van der Waals surface area contributed by atoms with Gasteiger partial charge in [-0.05, 0) is 123 Å². The first-order chi connectivity index (χ1) is 30.7. The van der Waals surface area contributed by atoms with E-state index in [2.05, 4.69) is 190 Å². The van der Waals surface area contributed by atoms with Crippen LogP contribution in [-0.2, 0) is 0 Å². The standard InChI is InChI=1S/C58H36N4/c1-5-37-13-15-41-21-25-45(47-27-23-39(7-1)53(37)55(41)47)51-34-52(46-26-22-42-16-14-38-6-2-8-40-24-28-48(46)56(42)54(38)40)50(36-11-19-44(20-12-36)58-61-31-4-32-62-58)33-49(51)35-9-17-43(18-10-35)57-59-29-3-30-60-57/h1-34,53,55H. The SMILES string of the molecule is C1=CC2=CC=C3C(c4cc(-c5ccc6ccc7cccc8ccc5c6c78)c(-c5ccc(-c6ncccn6)cc5)cc4-c4ccc(-c5ncccn5)cc4)=CC=C4C=CC(=C1)C2C43. The average molecular weight is 789 g/mol. The number of hydrogen-bond donors (Lipinski definition) is 0. The molecule has 4 aliphatic carbocycles. The molecule has 0 spiro atoms. The first-order valence-corrected chi connectivity index (χ1v) is 21.2. The molecule has 0 N–H and O–H groups in total. The van der Waals surface area contributed by atoms with E-state index in [-0.39, 0.29) is 5.92 Å². The van der Waals surface area contributed by atoms with Crippen molar-refractivity contribution in [2.24, 2.45) is 11.8 Å². The molecule has 0 saturated heterocycles. The summed E-state index contributed by atoms with van der Waals surface area (Å²) in [6.45, 7) is 0. The van der Waals surface area contributed by atoms with Crippen LogP contribution in [0.2, 0.25) is 0 Å². The van der Waals surface area contributed by atoms with Crippen molar-refractivity contribution < 1.29 is 0 Å². The molecule has 0 bridgehead atoms. The molecule has 2 heterocycles. The summed E-state index contributed by atoms with van der Waals surface area (Å²) in [5, 5.41) is 7.64. The fourth-order valence-electron chi connectivity index (χ4n) is 10.4. The molecule has 0 fully saturated rings. The van der Waals surface area contributed by atoms with E-state index in [1.54, 1.807) is 24.8 Å². The zero-order chi connectivity index (χ0) is 40.7. The zero-order valence-electron chi connectivity index (χ0n) is 33.6. The van der Waals surface area contributed by atoms with Gasteiger partial charge in [-0.25, -0.2) is 19.9 Å². The minimum atomic E-state index is 0.243. The first-order valence-electron chi connectivity index (χ1n) is 21.2. The second kappa shape index (κ2) is 13.7.